The molecule has 17 heavy (non-hydrogen) atoms. The van der Waals surface area contributed by atoms with E-state index in [1.807, 2.05) is 38.1 Å². The topological polar surface area (TPSA) is 56.6 Å². The van der Waals surface area contributed by atoms with Crippen molar-refractivity contribution in [1.82, 2.24) is 4.98 Å². The molecule has 3 heteroatoms. The molecule has 0 aliphatic carbocycles. The number of aromatic amines is 1. The molecule has 0 spiro atoms. The molecule has 0 aliphatic rings. The number of nitrogens with one attached hydrogen (secondary N) is 1. The summed E-state index contributed by atoms with van der Waals surface area (Å²) in [5, 5.41) is 9.78. The summed E-state index contributed by atoms with van der Waals surface area (Å²) in [4.78, 5) is 14.7. The summed E-state index contributed by atoms with van der Waals surface area (Å²) in [5.74, 6) is -0.140. The third-order valence-electron chi connectivity index (χ3n) is 2.82. The van der Waals surface area contributed by atoms with Gasteiger partial charge in [0, 0.05) is 17.0 Å². The highest BCUT2D eigenvalue weighted by atomic mass is 16.1. The lowest BCUT2D eigenvalue weighted by atomic mass is 10.0. The van der Waals surface area contributed by atoms with Gasteiger partial charge >= 0.3 is 0 Å². The third kappa shape index (κ3) is 2.36. The van der Waals surface area contributed by atoms with Crippen LogP contribution in [0.15, 0.2) is 29.1 Å². The minimum atomic E-state index is -0.140. The van der Waals surface area contributed by atoms with Gasteiger partial charge in [-0.25, -0.2) is 0 Å². The van der Waals surface area contributed by atoms with Crippen LogP contribution in [0, 0.1) is 24.2 Å². The maximum absolute atomic E-state index is 11.8. The summed E-state index contributed by atoms with van der Waals surface area (Å²) < 4.78 is 0. The number of hydrogen-bond acceptors (Lipinski definition) is 2. The Morgan fingerprint density at radius 2 is 2.18 bits per heavy atom. The van der Waals surface area contributed by atoms with Crippen molar-refractivity contribution in [3.05, 3.63) is 45.7 Å². The normalized spacial score (nSPS) is 12.3. The molecule has 1 atom stereocenters. The second-order valence-electron chi connectivity index (χ2n) is 4.45. The monoisotopic (exact) mass is 226 g/mol. The van der Waals surface area contributed by atoms with Gasteiger partial charge in [-0.05, 0) is 43.4 Å². The SMILES string of the molecule is Cc1ccc2cc(CC(C)C#N)c(=O)[nH]c2c1. The molecule has 1 N–H and O–H groups in total. The summed E-state index contributed by atoms with van der Waals surface area (Å²) in [6.45, 7) is 3.81. The Morgan fingerprint density at radius 1 is 1.41 bits per heavy atom. The van der Waals surface area contributed by atoms with E-state index in [1.165, 1.54) is 0 Å². The van der Waals surface area contributed by atoms with Gasteiger partial charge in [-0.15, -0.1) is 0 Å². The fourth-order valence-electron chi connectivity index (χ4n) is 1.89. The second-order valence-corrected chi connectivity index (χ2v) is 4.45. The largest absolute Gasteiger partial charge is 0.322 e. The average Bonchev–Trinajstić information content (AvgIpc) is 2.30. The van der Waals surface area contributed by atoms with Gasteiger partial charge in [0.1, 0.15) is 0 Å². The first-order valence-corrected chi connectivity index (χ1v) is 5.62. The Hall–Kier alpha value is -2.08. The van der Waals surface area contributed by atoms with E-state index in [0.29, 0.717) is 12.0 Å². The molecule has 1 unspecified atom stereocenters. The van der Waals surface area contributed by atoms with Crippen molar-refractivity contribution in [2.75, 3.05) is 0 Å². The molecule has 2 aromatic rings. The van der Waals surface area contributed by atoms with Gasteiger partial charge in [-0.2, -0.15) is 5.26 Å². The van der Waals surface area contributed by atoms with Crippen molar-refractivity contribution in [2.24, 2.45) is 5.92 Å². The molecule has 0 saturated heterocycles. The maximum Gasteiger partial charge on any atom is 0.251 e. The first-order valence-electron chi connectivity index (χ1n) is 5.62. The van der Waals surface area contributed by atoms with Gasteiger partial charge in [-0.1, -0.05) is 12.1 Å². The molecule has 1 heterocycles. The highest BCUT2D eigenvalue weighted by molar-refractivity contribution is 5.79. The van der Waals surface area contributed by atoms with E-state index in [-0.39, 0.29) is 11.5 Å². The Morgan fingerprint density at radius 3 is 2.88 bits per heavy atom. The molecular weight excluding hydrogens is 212 g/mol. The van der Waals surface area contributed by atoms with Crippen molar-refractivity contribution >= 4 is 10.9 Å². The van der Waals surface area contributed by atoms with Crippen LogP contribution in [-0.2, 0) is 6.42 Å². The molecule has 86 valence electrons. The van der Waals surface area contributed by atoms with Crippen LogP contribution in [0.25, 0.3) is 10.9 Å². The van der Waals surface area contributed by atoms with E-state index in [0.717, 1.165) is 16.5 Å². The molecule has 2 rings (SSSR count). The Kier molecular flexibility index (Phi) is 2.97. The minimum absolute atomic E-state index is 0.0924. The van der Waals surface area contributed by atoms with Crippen LogP contribution in [0.2, 0.25) is 0 Å². The standard InChI is InChI=1S/C14H14N2O/c1-9-3-4-11-7-12(5-10(2)8-15)14(17)16-13(11)6-9/h3-4,6-7,10H,5H2,1-2H3,(H,16,17). The molecule has 0 fully saturated rings. The van der Waals surface area contributed by atoms with Gasteiger partial charge in [0.15, 0.2) is 0 Å². The van der Waals surface area contributed by atoms with E-state index in [2.05, 4.69) is 11.1 Å². The van der Waals surface area contributed by atoms with Crippen molar-refractivity contribution in [3.8, 4) is 6.07 Å². The molecule has 3 nitrogen and oxygen atoms in total. The molecule has 1 aromatic heterocycles. The Labute approximate surface area is 99.7 Å². The number of nitrogens with zero attached hydrogens (tertiary/aromatic N) is 1. The summed E-state index contributed by atoms with van der Waals surface area (Å²) in [5.41, 5.74) is 2.55. The summed E-state index contributed by atoms with van der Waals surface area (Å²) >= 11 is 0. The number of aryl methyl sites for hydroxylation is 1. The molecule has 1 aromatic carbocycles. The van der Waals surface area contributed by atoms with Crippen molar-refractivity contribution < 1.29 is 0 Å². The number of benzene rings is 1. The summed E-state index contributed by atoms with van der Waals surface area (Å²) in [7, 11) is 0. The number of nitriles is 1. The van der Waals surface area contributed by atoms with Crippen LogP contribution < -0.4 is 5.56 Å². The van der Waals surface area contributed by atoms with Crippen molar-refractivity contribution in [2.45, 2.75) is 20.3 Å². The lowest BCUT2D eigenvalue weighted by molar-refractivity contribution is 0.732. The van der Waals surface area contributed by atoms with Gasteiger partial charge < -0.3 is 4.98 Å². The number of pyridine rings is 1. The predicted octanol–water partition coefficient (Wildman–Crippen LogP) is 2.54. The highest BCUT2D eigenvalue weighted by Gasteiger charge is 2.07. The Bertz CT molecular complexity index is 649. The maximum atomic E-state index is 11.8. The molecule has 0 bridgehead atoms. The van der Waals surface area contributed by atoms with Crippen molar-refractivity contribution in [3.63, 3.8) is 0 Å². The lowest BCUT2D eigenvalue weighted by Gasteiger charge is -2.05. The van der Waals surface area contributed by atoms with Crippen LogP contribution in [0.5, 0.6) is 0 Å². The van der Waals surface area contributed by atoms with Crippen LogP contribution in [0.3, 0.4) is 0 Å². The van der Waals surface area contributed by atoms with E-state index in [9.17, 15) is 4.79 Å². The molecule has 0 amide bonds. The van der Waals surface area contributed by atoms with E-state index >= 15 is 0 Å². The summed E-state index contributed by atoms with van der Waals surface area (Å²) in [6, 6.07) is 9.97. The highest BCUT2D eigenvalue weighted by Crippen LogP contribution is 2.14. The smallest absolute Gasteiger partial charge is 0.251 e. The zero-order chi connectivity index (χ0) is 12.4. The zero-order valence-electron chi connectivity index (χ0n) is 9.95. The fourth-order valence-corrected chi connectivity index (χ4v) is 1.89. The summed E-state index contributed by atoms with van der Waals surface area (Å²) in [6.07, 6.45) is 0.496. The molecule has 0 aliphatic heterocycles. The lowest BCUT2D eigenvalue weighted by Crippen LogP contribution is -2.14. The van der Waals surface area contributed by atoms with Crippen molar-refractivity contribution in [1.29, 1.82) is 5.26 Å². The van der Waals surface area contributed by atoms with Gasteiger partial charge in [0.05, 0.1) is 6.07 Å². The number of rotatable bonds is 2. The molecular formula is C14H14N2O. The Balaban J connectivity index is 2.53. The van der Waals surface area contributed by atoms with Crippen LogP contribution in [0.1, 0.15) is 18.1 Å². The third-order valence-corrected chi connectivity index (χ3v) is 2.82. The molecule has 0 radical (unpaired) electrons. The van der Waals surface area contributed by atoms with E-state index < -0.39 is 0 Å². The quantitative estimate of drug-likeness (QED) is 0.855. The average molecular weight is 226 g/mol. The van der Waals surface area contributed by atoms with Crippen LogP contribution in [0.4, 0.5) is 0 Å². The first kappa shape index (κ1) is 11.4. The van der Waals surface area contributed by atoms with Gasteiger partial charge in [0.25, 0.3) is 5.56 Å². The second kappa shape index (κ2) is 4.42. The number of hydrogen-bond donors (Lipinski definition) is 1. The first-order chi connectivity index (χ1) is 8.10. The van der Waals surface area contributed by atoms with Gasteiger partial charge in [0.2, 0.25) is 0 Å². The van der Waals surface area contributed by atoms with E-state index in [4.69, 9.17) is 5.26 Å². The predicted molar refractivity (Wildman–Crippen MR) is 67.8 cm³/mol. The minimum Gasteiger partial charge on any atom is -0.322 e. The van der Waals surface area contributed by atoms with Gasteiger partial charge in [-0.3, -0.25) is 4.79 Å². The molecule has 0 saturated carbocycles. The number of aromatic nitrogens is 1. The number of fused-ring (bicyclic) bond motifs is 1. The van der Waals surface area contributed by atoms with Crippen LogP contribution >= 0.6 is 0 Å². The zero-order valence-corrected chi connectivity index (χ0v) is 9.95. The van der Waals surface area contributed by atoms with Crippen LogP contribution in [-0.4, -0.2) is 4.98 Å². The van der Waals surface area contributed by atoms with E-state index in [1.54, 1.807) is 0 Å². The fraction of sp³-hybridized carbons (Fsp3) is 0.286. The number of H-pyrrole nitrogens is 1.